The van der Waals surface area contributed by atoms with Gasteiger partial charge in [0.1, 0.15) is 0 Å². The van der Waals surface area contributed by atoms with Crippen molar-refractivity contribution in [1.82, 2.24) is 5.32 Å². The van der Waals surface area contributed by atoms with E-state index >= 15 is 0 Å². The Morgan fingerprint density at radius 3 is 2.88 bits per heavy atom. The SMILES string of the molecule is C#CCCNCC(O)c1cc(Cl)ccc1Cl. The summed E-state index contributed by atoms with van der Waals surface area (Å²) >= 11 is 11.8. The lowest BCUT2D eigenvalue weighted by Gasteiger charge is -2.13. The molecule has 1 aromatic rings. The normalized spacial score (nSPS) is 12.1. The van der Waals surface area contributed by atoms with Crippen molar-refractivity contribution >= 4 is 23.2 Å². The van der Waals surface area contributed by atoms with E-state index in [4.69, 9.17) is 29.6 Å². The van der Waals surface area contributed by atoms with Gasteiger partial charge in [0.25, 0.3) is 0 Å². The zero-order valence-electron chi connectivity index (χ0n) is 8.71. The van der Waals surface area contributed by atoms with Gasteiger partial charge in [-0.1, -0.05) is 23.2 Å². The number of halogens is 2. The number of rotatable bonds is 5. The summed E-state index contributed by atoms with van der Waals surface area (Å²) in [7, 11) is 0. The molecule has 0 saturated carbocycles. The average Bonchev–Trinajstić information content (AvgIpc) is 2.27. The van der Waals surface area contributed by atoms with E-state index in [9.17, 15) is 5.11 Å². The highest BCUT2D eigenvalue weighted by Crippen LogP contribution is 2.25. The summed E-state index contributed by atoms with van der Waals surface area (Å²) in [5, 5.41) is 14.0. The van der Waals surface area contributed by atoms with Crippen LogP contribution in [-0.4, -0.2) is 18.2 Å². The summed E-state index contributed by atoms with van der Waals surface area (Å²) in [6.07, 6.45) is 5.07. The Hall–Kier alpha value is -0.720. The van der Waals surface area contributed by atoms with E-state index in [0.717, 1.165) is 0 Å². The van der Waals surface area contributed by atoms with E-state index in [0.29, 0.717) is 35.1 Å². The molecule has 0 fully saturated rings. The third-order valence-electron chi connectivity index (χ3n) is 2.10. The molecule has 86 valence electrons. The van der Waals surface area contributed by atoms with Gasteiger partial charge in [-0.2, -0.15) is 0 Å². The van der Waals surface area contributed by atoms with E-state index in [1.54, 1.807) is 18.2 Å². The lowest BCUT2D eigenvalue weighted by Crippen LogP contribution is -2.22. The molecule has 0 aliphatic carbocycles. The van der Waals surface area contributed by atoms with Crippen molar-refractivity contribution in [1.29, 1.82) is 0 Å². The summed E-state index contributed by atoms with van der Waals surface area (Å²) in [5.74, 6) is 2.51. The van der Waals surface area contributed by atoms with E-state index in [2.05, 4.69) is 11.2 Å². The fourth-order valence-corrected chi connectivity index (χ4v) is 1.70. The lowest BCUT2D eigenvalue weighted by molar-refractivity contribution is 0.175. The van der Waals surface area contributed by atoms with Crippen LogP contribution in [-0.2, 0) is 0 Å². The second-order valence-corrected chi connectivity index (χ2v) is 4.18. The Bertz CT molecular complexity index is 387. The smallest absolute Gasteiger partial charge is 0.0929 e. The Balaban J connectivity index is 2.55. The highest BCUT2D eigenvalue weighted by atomic mass is 35.5. The van der Waals surface area contributed by atoms with Crippen LogP contribution in [0.4, 0.5) is 0 Å². The minimum Gasteiger partial charge on any atom is -0.387 e. The van der Waals surface area contributed by atoms with Crippen molar-refractivity contribution in [2.45, 2.75) is 12.5 Å². The first-order chi connectivity index (χ1) is 7.65. The minimum atomic E-state index is -0.677. The van der Waals surface area contributed by atoms with Crippen LogP contribution in [0.15, 0.2) is 18.2 Å². The second-order valence-electron chi connectivity index (χ2n) is 3.34. The van der Waals surface area contributed by atoms with Gasteiger partial charge in [0.15, 0.2) is 0 Å². The predicted octanol–water partition coefficient (Wildman–Crippen LogP) is 2.64. The van der Waals surface area contributed by atoms with Crippen LogP contribution in [0.3, 0.4) is 0 Å². The Labute approximate surface area is 106 Å². The van der Waals surface area contributed by atoms with Gasteiger partial charge in [-0.25, -0.2) is 0 Å². The fraction of sp³-hybridized carbons (Fsp3) is 0.333. The molecule has 16 heavy (non-hydrogen) atoms. The van der Waals surface area contributed by atoms with Gasteiger partial charge in [0, 0.05) is 35.1 Å². The molecule has 1 atom stereocenters. The molecular weight excluding hydrogens is 245 g/mol. The van der Waals surface area contributed by atoms with Crippen molar-refractivity contribution in [3.63, 3.8) is 0 Å². The molecule has 0 heterocycles. The Kier molecular flexibility index (Phi) is 5.65. The molecule has 1 aromatic carbocycles. The summed E-state index contributed by atoms with van der Waals surface area (Å²) in [6.45, 7) is 1.08. The molecule has 1 rings (SSSR count). The monoisotopic (exact) mass is 257 g/mol. The average molecular weight is 258 g/mol. The molecule has 0 amide bonds. The minimum absolute atomic E-state index is 0.405. The molecule has 0 spiro atoms. The van der Waals surface area contributed by atoms with Crippen LogP contribution in [0.2, 0.25) is 10.0 Å². The van der Waals surface area contributed by atoms with Crippen molar-refractivity contribution in [2.75, 3.05) is 13.1 Å². The first kappa shape index (κ1) is 13.3. The van der Waals surface area contributed by atoms with E-state index in [1.807, 2.05) is 0 Å². The number of aliphatic hydroxyl groups excluding tert-OH is 1. The molecule has 0 aliphatic rings. The van der Waals surface area contributed by atoms with Crippen LogP contribution < -0.4 is 5.32 Å². The summed E-state index contributed by atoms with van der Waals surface area (Å²) < 4.78 is 0. The van der Waals surface area contributed by atoms with Crippen molar-refractivity contribution in [3.05, 3.63) is 33.8 Å². The third-order valence-corrected chi connectivity index (χ3v) is 2.68. The van der Waals surface area contributed by atoms with Gasteiger partial charge in [0.05, 0.1) is 6.10 Å². The number of terminal acetylenes is 1. The van der Waals surface area contributed by atoms with E-state index in [-0.39, 0.29) is 0 Å². The van der Waals surface area contributed by atoms with Crippen LogP contribution in [0.25, 0.3) is 0 Å². The second kappa shape index (κ2) is 6.78. The standard InChI is InChI=1S/C12H13Cl2NO/c1-2-3-6-15-8-12(16)10-7-9(13)4-5-11(10)14/h1,4-5,7,12,15-16H,3,6,8H2. The molecule has 1 unspecified atom stereocenters. The number of aliphatic hydroxyl groups is 1. The number of nitrogens with one attached hydrogen (secondary N) is 1. The van der Waals surface area contributed by atoms with Gasteiger partial charge >= 0.3 is 0 Å². The summed E-state index contributed by atoms with van der Waals surface area (Å²) in [6, 6.07) is 5.02. The highest BCUT2D eigenvalue weighted by molar-refractivity contribution is 6.33. The maximum atomic E-state index is 9.87. The Morgan fingerprint density at radius 2 is 2.19 bits per heavy atom. The van der Waals surface area contributed by atoms with Crippen LogP contribution in [0, 0.1) is 12.3 Å². The van der Waals surface area contributed by atoms with Gasteiger partial charge in [0.2, 0.25) is 0 Å². The number of benzene rings is 1. The molecule has 2 N–H and O–H groups in total. The van der Waals surface area contributed by atoms with Crippen LogP contribution in [0.5, 0.6) is 0 Å². The molecular formula is C12H13Cl2NO. The van der Waals surface area contributed by atoms with Gasteiger partial charge in [-0.3, -0.25) is 0 Å². The maximum absolute atomic E-state index is 9.87. The lowest BCUT2D eigenvalue weighted by atomic mass is 10.1. The maximum Gasteiger partial charge on any atom is 0.0929 e. The predicted molar refractivity (Wildman–Crippen MR) is 67.7 cm³/mol. The summed E-state index contributed by atoms with van der Waals surface area (Å²) in [5.41, 5.74) is 0.627. The highest BCUT2D eigenvalue weighted by Gasteiger charge is 2.11. The molecule has 0 bridgehead atoms. The molecule has 0 saturated heterocycles. The quantitative estimate of drug-likeness (QED) is 0.628. The molecule has 0 aliphatic heterocycles. The zero-order valence-corrected chi connectivity index (χ0v) is 10.2. The van der Waals surface area contributed by atoms with Gasteiger partial charge in [-0.15, -0.1) is 12.3 Å². The molecule has 0 aromatic heterocycles. The molecule has 4 heteroatoms. The Morgan fingerprint density at radius 1 is 1.44 bits per heavy atom. The zero-order chi connectivity index (χ0) is 12.0. The van der Waals surface area contributed by atoms with Crippen molar-refractivity contribution < 1.29 is 5.11 Å². The summed E-state index contributed by atoms with van der Waals surface area (Å²) in [4.78, 5) is 0. The largest absolute Gasteiger partial charge is 0.387 e. The fourth-order valence-electron chi connectivity index (χ4n) is 1.28. The number of hydrogen-bond acceptors (Lipinski definition) is 2. The van der Waals surface area contributed by atoms with Crippen LogP contribution >= 0.6 is 23.2 Å². The van der Waals surface area contributed by atoms with E-state index < -0.39 is 6.10 Å². The molecule has 0 radical (unpaired) electrons. The van der Waals surface area contributed by atoms with Gasteiger partial charge < -0.3 is 10.4 Å². The number of hydrogen-bond donors (Lipinski definition) is 2. The molecule has 2 nitrogen and oxygen atoms in total. The van der Waals surface area contributed by atoms with Gasteiger partial charge in [-0.05, 0) is 18.2 Å². The third kappa shape index (κ3) is 4.03. The topological polar surface area (TPSA) is 32.3 Å². The first-order valence-electron chi connectivity index (χ1n) is 4.92. The van der Waals surface area contributed by atoms with Crippen LogP contribution in [0.1, 0.15) is 18.1 Å². The first-order valence-corrected chi connectivity index (χ1v) is 5.68. The van der Waals surface area contributed by atoms with Crippen molar-refractivity contribution in [2.24, 2.45) is 0 Å². The van der Waals surface area contributed by atoms with Crippen molar-refractivity contribution in [3.8, 4) is 12.3 Å². The van der Waals surface area contributed by atoms with E-state index in [1.165, 1.54) is 0 Å².